The van der Waals surface area contributed by atoms with Crippen LogP contribution in [0.25, 0.3) is 11.1 Å². The van der Waals surface area contributed by atoms with Crippen LogP contribution in [0.15, 0.2) is 30.3 Å². The molecule has 2 atom stereocenters. The van der Waals surface area contributed by atoms with Crippen LogP contribution in [0.2, 0.25) is 0 Å². The summed E-state index contributed by atoms with van der Waals surface area (Å²) in [5.74, 6) is -0.324. The standard InChI is InChI=1S/C24H29NO7/c1-2-16-17(9-22-31-20(11-26)21(12-27)32-22)23(19(29)10-18(16)28)13-4-3-5-14(8-13)24(30)25-15-6-7-15/h3-5,8,10,15,20-22,26-29H,2,6-7,9,11-12H2,1H3,(H,25,30)/t20-,21-/m1/s1. The van der Waals surface area contributed by atoms with Gasteiger partial charge in [0.1, 0.15) is 23.7 Å². The molecule has 172 valence electrons. The van der Waals surface area contributed by atoms with Crippen molar-refractivity contribution in [2.75, 3.05) is 13.2 Å². The lowest BCUT2D eigenvalue weighted by Crippen LogP contribution is -2.29. The fourth-order valence-electron chi connectivity index (χ4n) is 4.18. The molecule has 8 heteroatoms. The van der Waals surface area contributed by atoms with E-state index >= 15 is 0 Å². The van der Waals surface area contributed by atoms with Gasteiger partial charge in [-0.25, -0.2) is 0 Å². The molecule has 2 aliphatic rings. The van der Waals surface area contributed by atoms with Gasteiger partial charge in [-0.15, -0.1) is 0 Å². The normalized spacial score (nSPS) is 21.1. The Morgan fingerprint density at radius 2 is 1.72 bits per heavy atom. The summed E-state index contributed by atoms with van der Waals surface area (Å²) in [6.07, 6.45) is 0.578. The molecule has 1 heterocycles. The van der Waals surface area contributed by atoms with Gasteiger partial charge in [-0.2, -0.15) is 0 Å². The molecule has 1 aliphatic carbocycles. The number of phenolic OH excluding ortho intramolecular Hbond substituents is 2. The van der Waals surface area contributed by atoms with Crippen molar-refractivity contribution in [2.24, 2.45) is 0 Å². The van der Waals surface area contributed by atoms with Gasteiger partial charge in [-0.05, 0) is 48.1 Å². The maximum Gasteiger partial charge on any atom is 0.251 e. The molecule has 8 nitrogen and oxygen atoms in total. The molecule has 5 N–H and O–H groups in total. The fraction of sp³-hybridized carbons (Fsp3) is 0.458. The predicted octanol–water partition coefficient (Wildman–Crippen LogP) is 1.86. The molecule has 0 radical (unpaired) electrons. The van der Waals surface area contributed by atoms with E-state index in [1.165, 1.54) is 6.07 Å². The second-order valence-corrected chi connectivity index (χ2v) is 8.28. The average Bonchev–Trinajstić information content (AvgIpc) is 3.50. The highest BCUT2D eigenvalue weighted by Crippen LogP contribution is 2.41. The van der Waals surface area contributed by atoms with Gasteiger partial charge in [0.25, 0.3) is 5.91 Å². The maximum absolute atomic E-state index is 12.5. The van der Waals surface area contributed by atoms with E-state index in [0.717, 1.165) is 12.8 Å². The van der Waals surface area contributed by atoms with Crippen molar-refractivity contribution in [3.05, 3.63) is 47.0 Å². The molecule has 1 amide bonds. The lowest BCUT2D eigenvalue weighted by molar-refractivity contribution is -0.0725. The van der Waals surface area contributed by atoms with Gasteiger partial charge >= 0.3 is 0 Å². The van der Waals surface area contributed by atoms with Crippen LogP contribution in [-0.2, 0) is 22.3 Å². The molecular weight excluding hydrogens is 414 g/mol. The number of ether oxygens (including phenoxy) is 2. The monoisotopic (exact) mass is 443 g/mol. The van der Waals surface area contributed by atoms with E-state index in [1.54, 1.807) is 24.3 Å². The Kier molecular flexibility index (Phi) is 6.66. The first-order valence-electron chi connectivity index (χ1n) is 11.0. The minimum absolute atomic E-state index is 0.0400. The molecule has 32 heavy (non-hydrogen) atoms. The fourth-order valence-corrected chi connectivity index (χ4v) is 4.18. The van der Waals surface area contributed by atoms with Crippen LogP contribution in [0.5, 0.6) is 11.5 Å². The second kappa shape index (κ2) is 9.46. The van der Waals surface area contributed by atoms with Crippen molar-refractivity contribution in [1.82, 2.24) is 5.32 Å². The summed E-state index contributed by atoms with van der Waals surface area (Å²) in [4.78, 5) is 12.5. The van der Waals surface area contributed by atoms with Crippen molar-refractivity contribution >= 4 is 5.91 Å². The van der Waals surface area contributed by atoms with Gasteiger partial charge in [0.05, 0.1) is 13.2 Å². The SMILES string of the molecule is CCc1c(O)cc(O)c(-c2cccc(C(=O)NC3CC3)c2)c1CC1O[C@H](CO)[C@@H](CO)O1. The van der Waals surface area contributed by atoms with Crippen LogP contribution < -0.4 is 5.32 Å². The summed E-state index contributed by atoms with van der Waals surface area (Å²) in [5.41, 5.74) is 2.86. The molecule has 1 saturated carbocycles. The molecule has 1 saturated heterocycles. The highest BCUT2D eigenvalue weighted by Gasteiger charge is 2.36. The van der Waals surface area contributed by atoms with Crippen LogP contribution in [0.4, 0.5) is 0 Å². The largest absolute Gasteiger partial charge is 0.508 e. The van der Waals surface area contributed by atoms with E-state index in [0.29, 0.717) is 34.2 Å². The summed E-state index contributed by atoms with van der Waals surface area (Å²) >= 11 is 0. The quantitative estimate of drug-likeness (QED) is 0.421. The third-order valence-corrected chi connectivity index (χ3v) is 5.98. The van der Waals surface area contributed by atoms with Crippen molar-refractivity contribution in [2.45, 2.75) is 57.1 Å². The average molecular weight is 443 g/mol. The zero-order chi connectivity index (χ0) is 22.8. The van der Waals surface area contributed by atoms with E-state index in [9.17, 15) is 25.2 Å². The number of benzene rings is 2. The maximum atomic E-state index is 12.5. The van der Waals surface area contributed by atoms with Crippen LogP contribution >= 0.6 is 0 Å². The predicted molar refractivity (Wildman–Crippen MR) is 116 cm³/mol. The molecule has 1 aliphatic heterocycles. The highest BCUT2D eigenvalue weighted by atomic mass is 16.7. The van der Waals surface area contributed by atoms with Crippen LogP contribution in [0.1, 0.15) is 41.3 Å². The smallest absolute Gasteiger partial charge is 0.251 e. The molecular formula is C24H29NO7. The van der Waals surface area contributed by atoms with E-state index < -0.39 is 18.5 Å². The van der Waals surface area contributed by atoms with E-state index in [1.807, 2.05) is 6.92 Å². The molecule has 2 aromatic rings. The number of phenols is 2. The van der Waals surface area contributed by atoms with E-state index in [-0.39, 0.29) is 43.1 Å². The summed E-state index contributed by atoms with van der Waals surface area (Å²) in [5, 5.41) is 43.2. The van der Waals surface area contributed by atoms with E-state index in [4.69, 9.17) is 9.47 Å². The minimum Gasteiger partial charge on any atom is -0.508 e. The van der Waals surface area contributed by atoms with Gasteiger partial charge < -0.3 is 35.2 Å². The van der Waals surface area contributed by atoms with E-state index in [2.05, 4.69) is 5.32 Å². The Morgan fingerprint density at radius 1 is 1.03 bits per heavy atom. The van der Waals surface area contributed by atoms with Crippen molar-refractivity contribution in [3.63, 3.8) is 0 Å². The van der Waals surface area contributed by atoms with Crippen LogP contribution in [0.3, 0.4) is 0 Å². The lowest BCUT2D eigenvalue weighted by Gasteiger charge is -2.20. The summed E-state index contributed by atoms with van der Waals surface area (Å²) in [6, 6.07) is 8.52. The number of amides is 1. The molecule has 0 bridgehead atoms. The summed E-state index contributed by atoms with van der Waals surface area (Å²) in [6.45, 7) is 1.31. The molecule has 0 aromatic heterocycles. The first kappa shape index (κ1) is 22.5. The lowest BCUT2D eigenvalue weighted by atomic mass is 9.89. The van der Waals surface area contributed by atoms with Crippen molar-refractivity contribution in [1.29, 1.82) is 0 Å². The van der Waals surface area contributed by atoms with Crippen LogP contribution in [-0.4, -0.2) is 64.1 Å². The second-order valence-electron chi connectivity index (χ2n) is 8.28. The van der Waals surface area contributed by atoms with Crippen LogP contribution in [0, 0.1) is 0 Å². The van der Waals surface area contributed by atoms with Gasteiger partial charge in [0.2, 0.25) is 0 Å². The molecule has 2 aromatic carbocycles. The van der Waals surface area contributed by atoms with Crippen molar-refractivity contribution in [3.8, 4) is 22.6 Å². The minimum atomic E-state index is -0.768. The molecule has 2 fully saturated rings. The molecule has 0 spiro atoms. The first-order chi connectivity index (χ1) is 15.4. The topological polar surface area (TPSA) is 128 Å². The zero-order valence-electron chi connectivity index (χ0n) is 18.0. The summed E-state index contributed by atoms with van der Waals surface area (Å²) < 4.78 is 11.5. The Hall–Kier alpha value is -2.65. The number of hydrogen-bond donors (Lipinski definition) is 5. The number of hydrogen-bond acceptors (Lipinski definition) is 7. The third kappa shape index (κ3) is 4.59. The van der Waals surface area contributed by atoms with Gasteiger partial charge in [0, 0.05) is 29.7 Å². The van der Waals surface area contributed by atoms with Gasteiger partial charge in [-0.1, -0.05) is 19.1 Å². The Bertz CT molecular complexity index is 977. The zero-order valence-corrected chi connectivity index (χ0v) is 18.0. The number of aliphatic hydroxyl groups is 2. The van der Waals surface area contributed by atoms with Gasteiger partial charge in [-0.3, -0.25) is 4.79 Å². The Labute approximate surface area is 186 Å². The number of carbonyl (C=O) groups is 1. The van der Waals surface area contributed by atoms with Gasteiger partial charge in [0.15, 0.2) is 6.29 Å². The number of nitrogens with one attached hydrogen (secondary N) is 1. The highest BCUT2D eigenvalue weighted by molar-refractivity contribution is 5.96. The molecule has 0 unspecified atom stereocenters. The van der Waals surface area contributed by atoms with Crippen molar-refractivity contribution < 1.29 is 34.7 Å². The first-order valence-corrected chi connectivity index (χ1v) is 11.0. The molecule has 4 rings (SSSR count). The number of carbonyl (C=O) groups excluding carboxylic acids is 1. The Balaban J connectivity index is 1.72. The number of aliphatic hydroxyl groups excluding tert-OH is 2. The third-order valence-electron chi connectivity index (χ3n) is 5.98. The number of aromatic hydroxyl groups is 2. The number of rotatable bonds is 8. The Morgan fingerprint density at radius 3 is 2.31 bits per heavy atom. The summed E-state index contributed by atoms with van der Waals surface area (Å²) in [7, 11) is 0.